The number of rotatable bonds is 3. The van der Waals surface area contributed by atoms with Gasteiger partial charge in [-0.3, -0.25) is 4.79 Å². The number of piperidine rings is 1. The van der Waals surface area contributed by atoms with Crippen LogP contribution in [-0.4, -0.2) is 30.2 Å². The van der Waals surface area contributed by atoms with E-state index < -0.39 is 0 Å². The highest BCUT2D eigenvalue weighted by molar-refractivity contribution is 5.77. The van der Waals surface area contributed by atoms with E-state index in [1.165, 1.54) is 0 Å². The summed E-state index contributed by atoms with van der Waals surface area (Å²) in [5.41, 5.74) is 0. The van der Waals surface area contributed by atoms with Crippen LogP contribution in [0.2, 0.25) is 0 Å². The van der Waals surface area contributed by atoms with Crippen molar-refractivity contribution in [3.63, 3.8) is 0 Å². The van der Waals surface area contributed by atoms with Crippen molar-refractivity contribution in [3.05, 3.63) is 0 Å². The van der Waals surface area contributed by atoms with Gasteiger partial charge in [0.1, 0.15) is 6.29 Å². The smallest absolute Gasteiger partial charge is 0.222 e. The Labute approximate surface area is 85.5 Å². The summed E-state index contributed by atoms with van der Waals surface area (Å²) in [7, 11) is 0. The van der Waals surface area contributed by atoms with Crippen molar-refractivity contribution in [3.8, 4) is 0 Å². The molecule has 0 aromatic heterocycles. The predicted molar refractivity (Wildman–Crippen MR) is 54.8 cm³/mol. The third-order valence-electron chi connectivity index (χ3n) is 2.59. The molecule has 80 valence electrons. The predicted octanol–water partition coefficient (Wildman–Crippen LogP) is 1.47. The highest BCUT2D eigenvalue weighted by atomic mass is 16.2. The number of hydrogen-bond acceptors (Lipinski definition) is 2. The summed E-state index contributed by atoms with van der Waals surface area (Å²) in [4.78, 5) is 24.1. The second-order valence-corrected chi connectivity index (χ2v) is 4.48. The minimum Gasteiger partial charge on any atom is -0.342 e. The normalized spacial score (nSPS) is 22.5. The van der Waals surface area contributed by atoms with E-state index in [0.717, 1.165) is 25.7 Å². The minimum absolute atomic E-state index is 0.0693. The molecule has 1 amide bonds. The summed E-state index contributed by atoms with van der Waals surface area (Å²) in [6, 6.07) is 0. The number of likely N-dealkylation sites (tertiary alicyclic amines) is 1. The van der Waals surface area contributed by atoms with E-state index in [1.54, 1.807) is 0 Å². The average Bonchev–Trinajstić information content (AvgIpc) is 2.17. The van der Waals surface area contributed by atoms with Crippen LogP contribution >= 0.6 is 0 Å². The van der Waals surface area contributed by atoms with Crippen molar-refractivity contribution in [2.24, 2.45) is 11.8 Å². The van der Waals surface area contributed by atoms with Gasteiger partial charge in [0.15, 0.2) is 0 Å². The van der Waals surface area contributed by atoms with Crippen molar-refractivity contribution >= 4 is 12.2 Å². The Morgan fingerprint density at radius 3 is 2.86 bits per heavy atom. The molecular formula is C11H19NO2. The van der Waals surface area contributed by atoms with Crippen LogP contribution in [0.1, 0.15) is 33.1 Å². The van der Waals surface area contributed by atoms with Gasteiger partial charge in [-0.15, -0.1) is 0 Å². The average molecular weight is 197 g/mol. The maximum Gasteiger partial charge on any atom is 0.222 e. The first-order valence-electron chi connectivity index (χ1n) is 5.36. The van der Waals surface area contributed by atoms with Crippen LogP contribution < -0.4 is 0 Å². The Morgan fingerprint density at radius 1 is 1.57 bits per heavy atom. The largest absolute Gasteiger partial charge is 0.342 e. The van der Waals surface area contributed by atoms with Crippen molar-refractivity contribution in [1.29, 1.82) is 0 Å². The molecule has 1 atom stereocenters. The minimum atomic E-state index is 0.0693. The molecule has 1 unspecified atom stereocenters. The molecule has 0 N–H and O–H groups in total. The molecule has 0 saturated carbocycles. The van der Waals surface area contributed by atoms with E-state index in [2.05, 4.69) is 0 Å². The van der Waals surface area contributed by atoms with Gasteiger partial charge in [-0.05, 0) is 18.8 Å². The van der Waals surface area contributed by atoms with Gasteiger partial charge in [-0.25, -0.2) is 0 Å². The van der Waals surface area contributed by atoms with Gasteiger partial charge in [0.05, 0.1) is 0 Å². The van der Waals surface area contributed by atoms with Crippen molar-refractivity contribution in [2.75, 3.05) is 13.1 Å². The third kappa shape index (κ3) is 3.13. The first-order chi connectivity index (χ1) is 6.63. The van der Waals surface area contributed by atoms with Crippen LogP contribution in [-0.2, 0) is 9.59 Å². The van der Waals surface area contributed by atoms with E-state index in [1.807, 2.05) is 18.7 Å². The second kappa shape index (κ2) is 5.13. The highest BCUT2D eigenvalue weighted by Gasteiger charge is 2.23. The quantitative estimate of drug-likeness (QED) is 0.642. The molecule has 1 aliphatic rings. The number of aldehydes is 1. The molecule has 0 aromatic rings. The fourth-order valence-corrected chi connectivity index (χ4v) is 1.83. The molecule has 0 spiro atoms. The molecule has 1 heterocycles. The van der Waals surface area contributed by atoms with Gasteiger partial charge < -0.3 is 9.69 Å². The Bertz CT molecular complexity index is 213. The Balaban J connectivity index is 2.43. The van der Waals surface area contributed by atoms with Gasteiger partial charge >= 0.3 is 0 Å². The summed E-state index contributed by atoms with van der Waals surface area (Å²) < 4.78 is 0. The van der Waals surface area contributed by atoms with E-state index >= 15 is 0 Å². The third-order valence-corrected chi connectivity index (χ3v) is 2.59. The maximum atomic E-state index is 11.7. The van der Waals surface area contributed by atoms with Crippen LogP contribution in [0, 0.1) is 11.8 Å². The van der Waals surface area contributed by atoms with E-state index in [0.29, 0.717) is 18.9 Å². The molecule has 0 radical (unpaired) electrons. The lowest BCUT2D eigenvalue weighted by Crippen LogP contribution is -2.40. The molecule has 0 aliphatic carbocycles. The Hall–Kier alpha value is -0.860. The van der Waals surface area contributed by atoms with Crippen molar-refractivity contribution in [1.82, 2.24) is 4.90 Å². The van der Waals surface area contributed by atoms with Crippen LogP contribution in [0.15, 0.2) is 0 Å². The highest BCUT2D eigenvalue weighted by Crippen LogP contribution is 2.16. The lowest BCUT2D eigenvalue weighted by molar-refractivity contribution is -0.134. The van der Waals surface area contributed by atoms with Gasteiger partial charge in [-0.1, -0.05) is 13.8 Å². The first-order valence-corrected chi connectivity index (χ1v) is 5.36. The molecular weight excluding hydrogens is 178 g/mol. The van der Waals surface area contributed by atoms with Gasteiger partial charge in [0.2, 0.25) is 5.91 Å². The number of hydrogen-bond donors (Lipinski definition) is 0. The van der Waals surface area contributed by atoms with Crippen LogP contribution in [0.3, 0.4) is 0 Å². The maximum absolute atomic E-state index is 11.7. The van der Waals surface area contributed by atoms with Crippen LogP contribution in [0.5, 0.6) is 0 Å². The lowest BCUT2D eigenvalue weighted by Gasteiger charge is -2.30. The summed E-state index contributed by atoms with van der Waals surface area (Å²) in [5.74, 6) is 0.672. The Morgan fingerprint density at radius 2 is 2.29 bits per heavy atom. The number of carbonyl (C=O) groups excluding carboxylic acids is 2. The fourth-order valence-electron chi connectivity index (χ4n) is 1.83. The zero-order valence-corrected chi connectivity index (χ0v) is 9.03. The summed E-state index contributed by atoms with van der Waals surface area (Å²) in [6.45, 7) is 5.54. The SMILES string of the molecule is CC(C)CC(=O)N1CCCC(C=O)C1. The zero-order valence-electron chi connectivity index (χ0n) is 9.03. The van der Waals surface area contributed by atoms with Gasteiger partial charge in [0.25, 0.3) is 0 Å². The summed E-state index contributed by atoms with van der Waals surface area (Å²) in [5, 5.41) is 0. The zero-order chi connectivity index (χ0) is 10.6. The standard InChI is InChI=1S/C11H19NO2/c1-9(2)6-11(14)12-5-3-4-10(7-12)8-13/h8-10H,3-7H2,1-2H3. The molecule has 1 aliphatic heterocycles. The van der Waals surface area contributed by atoms with Crippen LogP contribution in [0.25, 0.3) is 0 Å². The number of amides is 1. The number of carbonyl (C=O) groups is 2. The second-order valence-electron chi connectivity index (χ2n) is 4.48. The molecule has 0 bridgehead atoms. The van der Waals surface area contributed by atoms with Gasteiger partial charge in [0, 0.05) is 25.4 Å². The van der Waals surface area contributed by atoms with E-state index in [9.17, 15) is 9.59 Å². The molecule has 3 nitrogen and oxygen atoms in total. The summed E-state index contributed by atoms with van der Waals surface area (Å²) >= 11 is 0. The lowest BCUT2D eigenvalue weighted by atomic mass is 9.99. The van der Waals surface area contributed by atoms with Crippen LogP contribution in [0.4, 0.5) is 0 Å². The van der Waals surface area contributed by atoms with Crippen molar-refractivity contribution in [2.45, 2.75) is 33.1 Å². The van der Waals surface area contributed by atoms with Gasteiger partial charge in [-0.2, -0.15) is 0 Å². The monoisotopic (exact) mass is 197 g/mol. The fraction of sp³-hybridized carbons (Fsp3) is 0.818. The molecule has 14 heavy (non-hydrogen) atoms. The van der Waals surface area contributed by atoms with Crippen molar-refractivity contribution < 1.29 is 9.59 Å². The van der Waals surface area contributed by atoms with E-state index in [4.69, 9.17) is 0 Å². The van der Waals surface area contributed by atoms with E-state index in [-0.39, 0.29) is 11.8 Å². The molecule has 0 aromatic carbocycles. The Kier molecular flexibility index (Phi) is 4.11. The molecule has 1 saturated heterocycles. The topological polar surface area (TPSA) is 37.4 Å². The summed E-state index contributed by atoms with van der Waals surface area (Å²) in [6.07, 6.45) is 3.49. The first kappa shape index (κ1) is 11.2. The number of nitrogens with zero attached hydrogens (tertiary/aromatic N) is 1. The molecule has 1 fully saturated rings. The molecule has 1 rings (SSSR count). The molecule has 3 heteroatoms.